The highest BCUT2D eigenvalue weighted by Crippen LogP contribution is 2.72. The number of alkyl halides is 1. The number of oxime groups is 1. The van der Waals surface area contributed by atoms with Gasteiger partial charge in [0.05, 0.1) is 11.1 Å². The van der Waals surface area contributed by atoms with E-state index in [4.69, 9.17) is 11.6 Å². The third-order valence-corrected chi connectivity index (χ3v) is 13.4. The number of nitrogens with zero attached hydrogens (tertiary/aromatic N) is 1. The molecule has 5 fully saturated rings. The maximum Gasteiger partial charge on any atom is 0.0814 e. The van der Waals surface area contributed by atoms with Crippen LogP contribution in [0.1, 0.15) is 112 Å². The first-order valence-corrected chi connectivity index (χ1v) is 14.9. The molecule has 11 atom stereocenters. The van der Waals surface area contributed by atoms with E-state index >= 15 is 0 Å². The van der Waals surface area contributed by atoms with Crippen molar-refractivity contribution in [3.8, 4) is 0 Å². The Morgan fingerprint density at radius 2 is 1.64 bits per heavy atom. The van der Waals surface area contributed by atoms with Crippen LogP contribution in [0.3, 0.4) is 0 Å². The van der Waals surface area contributed by atoms with Crippen LogP contribution in [0.2, 0.25) is 0 Å². The summed E-state index contributed by atoms with van der Waals surface area (Å²) in [6, 6.07) is 0. The molecule has 5 aliphatic carbocycles. The molecule has 5 saturated carbocycles. The Kier molecular flexibility index (Phi) is 6.24. The number of halogens is 1. The normalized spacial score (nSPS) is 53.1. The third-order valence-electron chi connectivity index (χ3n) is 12.7. The molecule has 0 aromatic carbocycles. The van der Waals surface area contributed by atoms with E-state index in [1.165, 1.54) is 70.6 Å². The molecule has 1 N–H and O–H groups in total. The molecule has 5 rings (SSSR count). The number of rotatable bonds is 5. The van der Waals surface area contributed by atoms with Gasteiger partial charge < -0.3 is 5.21 Å². The Hall–Kier alpha value is -0.240. The van der Waals surface area contributed by atoms with Crippen molar-refractivity contribution in [1.82, 2.24) is 0 Å². The lowest BCUT2D eigenvalue weighted by atomic mass is 9.38. The van der Waals surface area contributed by atoms with E-state index in [-0.39, 0.29) is 10.8 Å². The second-order valence-corrected chi connectivity index (χ2v) is 15.0. The topological polar surface area (TPSA) is 32.6 Å². The molecule has 0 amide bonds. The maximum atomic E-state index is 9.66. The second-order valence-electron chi connectivity index (χ2n) is 14.5. The molecule has 0 spiro atoms. The van der Waals surface area contributed by atoms with Crippen molar-refractivity contribution in [3.63, 3.8) is 0 Å². The van der Waals surface area contributed by atoms with Crippen molar-refractivity contribution in [1.29, 1.82) is 0 Å². The van der Waals surface area contributed by atoms with Crippen LogP contribution in [0, 0.1) is 63.6 Å². The molecular formula is C30H50ClNO. The van der Waals surface area contributed by atoms with E-state index in [2.05, 4.69) is 46.7 Å². The monoisotopic (exact) mass is 475 g/mol. The summed E-state index contributed by atoms with van der Waals surface area (Å²) in [4.78, 5) is 0. The fraction of sp³-hybridized carbons (Fsp3) is 0.967. The van der Waals surface area contributed by atoms with Crippen LogP contribution in [0.15, 0.2) is 5.16 Å². The van der Waals surface area contributed by atoms with Gasteiger partial charge in [-0.2, -0.15) is 0 Å². The molecule has 2 nitrogen and oxygen atoms in total. The van der Waals surface area contributed by atoms with Crippen LogP contribution < -0.4 is 0 Å². The summed E-state index contributed by atoms with van der Waals surface area (Å²) in [6.07, 6.45) is 15.4. The van der Waals surface area contributed by atoms with Crippen molar-refractivity contribution in [2.45, 2.75) is 118 Å². The zero-order valence-corrected chi connectivity index (χ0v) is 23.0. The molecule has 0 saturated heterocycles. The van der Waals surface area contributed by atoms with E-state index < -0.39 is 0 Å². The maximum absolute atomic E-state index is 9.66. The summed E-state index contributed by atoms with van der Waals surface area (Å²) >= 11 is 6.74. The first-order chi connectivity index (χ1) is 15.6. The third kappa shape index (κ3) is 3.49. The molecular weight excluding hydrogens is 426 g/mol. The van der Waals surface area contributed by atoms with Gasteiger partial charge in [-0.1, -0.05) is 66.0 Å². The van der Waals surface area contributed by atoms with Crippen molar-refractivity contribution in [2.24, 2.45) is 68.7 Å². The number of hydrogen-bond acceptors (Lipinski definition) is 2. The predicted molar refractivity (Wildman–Crippen MR) is 139 cm³/mol. The van der Waals surface area contributed by atoms with Crippen molar-refractivity contribution < 1.29 is 5.21 Å². The van der Waals surface area contributed by atoms with E-state index in [1.54, 1.807) is 0 Å². The van der Waals surface area contributed by atoms with Gasteiger partial charge in [-0.3, -0.25) is 0 Å². The Balaban J connectivity index is 1.33. The summed E-state index contributed by atoms with van der Waals surface area (Å²) in [6.45, 7) is 15.0. The smallest absolute Gasteiger partial charge is 0.0814 e. The van der Waals surface area contributed by atoms with Crippen LogP contribution in [0.25, 0.3) is 0 Å². The average molecular weight is 476 g/mol. The zero-order valence-electron chi connectivity index (χ0n) is 22.2. The van der Waals surface area contributed by atoms with Crippen LogP contribution >= 0.6 is 11.6 Å². The van der Waals surface area contributed by atoms with Gasteiger partial charge in [0.2, 0.25) is 0 Å². The molecule has 0 aliphatic heterocycles. The first kappa shape index (κ1) is 24.5. The van der Waals surface area contributed by atoms with Gasteiger partial charge in [0.25, 0.3) is 0 Å². The largest absolute Gasteiger partial charge is 0.411 e. The molecule has 0 heterocycles. The van der Waals surface area contributed by atoms with Crippen LogP contribution in [0.4, 0.5) is 0 Å². The minimum absolute atomic E-state index is 0.0582. The molecule has 0 bridgehead atoms. The molecule has 0 aromatic heterocycles. The summed E-state index contributed by atoms with van der Waals surface area (Å²) in [5.74, 6) is 6.59. The minimum Gasteiger partial charge on any atom is -0.411 e. The first-order valence-electron chi connectivity index (χ1n) is 14.4. The molecule has 0 radical (unpaired) electrons. The highest BCUT2D eigenvalue weighted by atomic mass is 35.5. The summed E-state index contributed by atoms with van der Waals surface area (Å²) in [7, 11) is 0. The fourth-order valence-electron chi connectivity index (χ4n) is 10.8. The fourth-order valence-corrected chi connectivity index (χ4v) is 11.3. The molecule has 5 aliphatic rings. The summed E-state index contributed by atoms with van der Waals surface area (Å²) < 4.78 is 0. The summed E-state index contributed by atoms with van der Waals surface area (Å²) in [5.41, 5.74) is 2.01. The van der Waals surface area contributed by atoms with Crippen molar-refractivity contribution >= 4 is 17.3 Å². The van der Waals surface area contributed by atoms with Gasteiger partial charge in [0, 0.05) is 5.92 Å². The quantitative estimate of drug-likeness (QED) is 0.240. The van der Waals surface area contributed by atoms with Gasteiger partial charge in [-0.25, -0.2) is 0 Å². The number of fused-ring (bicyclic) bond motifs is 6. The van der Waals surface area contributed by atoms with Gasteiger partial charge in [-0.05, 0) is 109 Å². The van der Waals surface area contributed by atoms with Gasteiger partial charge in [0.1, 0.15) is 0 Å². The highest BCUT2D eigenvalue weighted by Gasteiger charge is 2.67. The van der Waals surface area contributed by atoms with Crippen LogP contribution in [0.5, 0.6) is 0 Å². The van der Waals surface area contributed by atoms with Crippen molar-refractivity contribution in [3.05, 3.63) is 0 Å². The second kappa shape index (κ2) is 8.41. The Morgan fingerprint density at radius 1 is 0.909 bits per heavy atom. The molecule has 33 heavy (non-hydrogen) atoms. The van der Waals surface area contributed by atoms with Crippen LogP contribution in [-0.4, -0.2) is 16.3 Å². The highest BCUT2D eigenvalue weighted by molar-refractivity contribution is 6.36. The van der Waals surface area contributed by atoms with E-state index in [9.17, 15) is 5.21 Å². The van der Waals surface area contributed by atoms with Gasteiger partial charge in [0.15, 0.2) is 0 Å². The SMILES string of the molecule is CC(C)CCC[C@@H](C)[C@H]1CC[C@H]2[C@@H]3CCC4C[C@]5(C)[C@@H](Cl)/C(=N/O)[C@@H]5C[C@]4(C)[C@H]3CC[C@]12C. The lowest BCUT2D eigenvalue weighted by Gasteiger charge is -2.67. The predicted octanol–water partition coefficient (Wildman–Crippen LogP) is 8.79. The zero-order chi connectivity index (χ0) is 23.8. The lowest BCUT2D eigenvalue weighted by molar-refractivity contribution is -0.145. The molecule has 0 aromatic rings. The lowest BCUT2D eigenvalue weighted by Crippen LogP contribution is -2.66. The molecule has 1 unspecified atom stereocenters. The van der Waals surface area contributed by atoms with E-state index in [0.29, 0.717) is 16.7 Å². The van der Waals surface area contributed by atoms with E-state index in [0.717, 1.165) is 47.1 Å². The standard InChI is InChI=1S/C30H50ClNO/c1-18(2)8-7-9-19(3)22-12-13-23-21-11-10-20-16-30(6)25(26(32-33)27(30)31)17-29(20,5)24(21)14-15-28(22,23)4/h18-25,27,33H,7-17H2,1-6H3/b32-26+/t19-,20?,21+,22-,23+,24+,25+,27+,28-,29+,30+/m1/s1. The molecule has 3 heteroatoms. The van der Waals surface area contributed by atoms with Gasteiger partial charge >= 0.3 is 0 Å². The molecule has 188 valence electrons. The van der Waals surface area contributed by atoms with Gasteiger partial charge in [-0.15, -0.1) is 11.6 Å². The van der Waals surface area contributed by atoms with Crippen LogP contribution in [-0.2, 0) is 0 Å². The Labute approximate surface area is 208 Å². The number of hydrogen-bond donors (Lipinski definition) is 1. The Morgan fingerprint density at radius 3 is 2.33 bits per heavy atom. The Bertz CT molecular complexity index is 779. The summed E-state index contributed by atoms with van der Waals surface area (Å²) in [5, 5.41) is 13.3. The van der Waals surface area contributed by atoms with E-state index in [1.807, 2.05) is 0 Å². The minimum atomic E-state index is -0.0582. The van der Waals surface area contributed by atoms with Crippen molar-refractivity contribution in [2.75, 3.05) is 0 Å². The average Bonchev–Trinajstić information content (AvgIpc) is 3.12.